The molecular formula is C23H25FN6O3S. The van der Waals surface area contributed by atoms with Gasteiger partial charge in [0, 0.05) is 18.5 Å². The summed E-state index contributed by atoms with van der Waals surface area (Å²) in [4.78, 5) is 14.7. The third-order valence-corrected chi connectivity index (χ3v) is 6.96. The van der Waals surface area contributed by atoms with E-state index in [4.69, 9.17) is 9.47 Å². The maximum Gasteiger partial charge on any atom is 0.234 e. The molecule has 34 heavy (non-hydrogen) atoms. The second-order valence-corrected chi connectivity index (χ2v) is 8.96. The van der Waals surface area contributed by atoms with E-state index in [1.807, 2.05) is 29.4 Å². The molecule has 3 unspecified atom stereocenters. The fraction of sp³-hybridized carbons (Fsp3) is 0.304. The SMILES string of the molecule is COc1ccc(OC)c(NC(=O)CSC2=NNC3C4CC(c5ccc(F)cc5)NN4C=CN23)c1. The van der Waals surface area contributed by atoms with E-state index in [2.05, 4.69) is 26.3 Å². The lowest BCUT2D eigenvalue weighted by molar-refractivity contribution is -0.113. The van der Waals surface area contributed by atoms with Gasteiger partial charge in [-0.15, -0.1) is 0 Å². The number of nitrogens with one attached hydrogen (secondary N) is 3. The number of thioether (sulfide) groups is 1. The minimum Gasteiger partial charge on any atom is -0.497 e. The second-order valence-electron chi connectivity index (χ2n) is 8.02. The summed E-state index contributed by atoms with van der Waals surface area (Å²) in [7, 11) is 3.12. The maximum absolute atomic E-state index is 13.3. The Morgan fingerprint density at radius 1 is 1.21 bits per heavy atom. The topological polar surface area (TPSA) is 90.5 Å². The largest absolute Gasteiger partial charge is 0.497 e. The van der Waals surface area contributed by atoms with Gasteiger partial charge in [0.25, 0.3) is 0 Å². The van der Waals surface area contributed by atoms with Gasteiger partial charge in [-0.05, 0) is 36.2 Å². The number of carbonyl (C=O) groups excluding carboxylic acids is 1. The number of amidine groups is 1. The summed E-state index contributed by atoms with van der Waals surface area (Å²) in [6, 6.07) is 12.0. The Morgan fingerprint density at radius 3 is 2.79 bits per heavy atom. The van der Waals surface area contributed by atoms with Crippen LogP contribution in [0.4, 0.5) is 10.1 Å². The highest BCUT2D eigenvalue weighted by Gasteiger charge is 2.44. The fourth-order valence-corrected chi connectivity index (χ4v) is 5.06. The number of hydrogen-bond acceptors (Lipinski definition) is 9. The molecule has 0 radical (unpaired) electrons. The van der Waals surface area contributed by atoms with Gasteiger partial charge in [-0.1, -0.05) is 23.9 Å². The van der Waals surface area contributed by atoms with Crippen LogP contribution in [0.3, 0.4) is 0 Å². The van der Waals surface area contributed by atoms with Gasteiger partial charge in [0.1, 0.15) is 23.5 Å². The predicted octanol–water partition coefficient (Wildman–Crippen LogP) is 2.82. The van der Waals surface area contributed by atoms with Gasteiger partial charge in [-0.25, -0.2) is 9.82 Å². The third-order valence-electron chi connectivity index (χ3n) is 5.99. The van der Waals surface area contributed by atoms with Crippen molar-refractivity contribution < 1.29 is 18.7 Å². The first-order chi connectivity index (χ1) is 16.6. The molecule has 0 aliphatic carbocycles. The van der Waals surface area contributed by atoms with Crippen LogP contribution in [0.25, 0.3) is 0 Å². The van der Waals surface area contributed by atoms with E-state index in [9.17, 15) is 9.18 Å². The molecule has 1 saturated heterocycles. The Bertz CT molecular complexity index is 1130. The Kier molecular flexibility index (Phi) is 6.20. The monoisotopic (exact) mass is 484 g/mol. The molecule has 3 heterocycles. The quantitative estimate of drug-likeness (QED) is 0.577. The summed E-state index contributed by atoms with van der Waals surface area (Å²) in [6.07, 6.45) is 4.67. The average molecular weight is 485 g/mol. The van der Waals surface area contributed by atoms with Crippen LogP contribution >= 0.6 is 11.8 Å². The van der Waals surface area contributed by atoms with E-state index >= 15 is 0 Å². The van der Waals surface area contributed by atoms with Gasteiger partial charge in [-0.3, -0.25) is 10.2 Å². The highest BCUT2D eigenvalue weighted by Crippen LogP contribution is 2.35. The van der Waals surface area contributed by atoms with Crippen LogP contribution in [0.15, 0.2) is 60.0 Å². The number of ether oxygens (including phenoxy) is 2. The number of hydrazone groups is 1. The summed E-state index contributed by atoms with van der Waals surface area (Å²) >= 11 is 1.35. The summed E-state index contributed by atoms with van der Waals surface area (Å²) in [6.45, 7) is 0. The van der Waals surface area contributed by atoms with Gasteiger partial charge < -0.3 is 24.7 Å². The molecule has 0 bridgehead atoms. The maximum atomic E-state index is 13.3. The number of hydrogen-bond donors (Lipinski definition) is 3. The number of fused-ring (bicyclic) bond motifs is 3. The lowest BCUT2D eigenvalue weighted by Crippen LogP contribution is -2.54. The minimum absolute atomic E-state index is 0.0630. The first-order valence-corrected chi connectivity index (χ1v) is 11.8. The molecule has 1 fully saturated rings. The zero-order valence-electron chi connectivity index (χ0n) is 18.7. The predicted molar refractivity (Wildman–Crippen MR) is 128 cm³/mol. The second kappa shape index (κ2) is 9.43. The molecular weight excluding hydrogens is 459 g/mol. The van der Waals surface area contributed by atoms with Gasteiger partial charge >= 0.3 is 0 Å². The molecule has 3 atom stereocenters. The molecule has 5 rings (SSSR count). The summed E-state index contributed by atoms with van der Waals surface area (Å²) < 4.78 is 23.9. The summed E-state index contributed by atoms with van der Waals surface area (Å²) in [5.74, 6) is 0.949. The van der Waals surface area contributed by atoms with E-state index in [0.29, 0.717) is 17.2 Å². The van der Waals surface area contributed by atoms with Crippen molar-refractivity contribution >= 4 is 28.5 Å². The molecule has 11 heteroatoms. The highest BCUT2D eigenvalue weighted by molar-refractivity contribution is 8.14. The molecule has 0 spiro atoms. The fourth-order valence-electron chi connectivity index (χ4n) is 4.29. The van der Waals surface area contributed by atoms with Crippen molar-refractivity contribution in [2.45, 2.75) is 24.7 Å². The zero-order chi connectivity index (χ0) is 23.7. The molecule has 0 aromatic heterocycles. The Hall–Kier alpha value is -3.44. The van der Waals surface area contributed by atoms with Crippen LogP contribution in [-0.4, -0.2) is 53.2 Å². The molecule has 178 valence electrons. The number of anilines is 1. The van der Waals surface area contributed by atoms with Gasteiger partial charge in [0.05, 0.1) is 37.7 Å². The van der Waals surface area contributed by atoms with E-state index in [1.165, 1.54) is 23.9 Å². The van der Waals surface area contributed by atoms with Crippen LogP contribution < -0.4 is 25.6 Å². The number of amides is 1. The lowest BCUT2D eigenvalue weighted by atomic mass is 10.00. The number of halogens is 1. The summed E-state index contributed by atoms with van der Waals surface area (Å²) in [5.41, 5.74) is 8.25. The number of nitrogens with zero attached hydrogens (tertiary/aromatic N) is 3. The standard InChI is InChI=1S/C23H25FN6O3S/c1-32-16-7-8-20(33-2)18(11-16)25-21(31)13-34-23-27-26-22-19-12-17(14-3-5-15(24)6-4-14)28-30(19)10-9-29(22)23/h3-11,17,19,22,26,28H,12-13H2,1-2H3,(H,25,31). The Balaban J connectivity index is 1.19. The number of hydrazine groups is 1. The van der Waals surface area contributed by atoms with Gasteiger partial charge in [0.2, 0.25) is 5.91 Å². The number of methoxy groups -OCH3 is 2. The van der Waals surface area contributed by atoms with Crippen molar-refractivity contribution in [3.8, 4) is 11.5 Å². The number of rotatable bonds is 6. The van der Waals surface area contributed by atoms with E-state index in [0.717, 1.165) is 17.2 Å². The molecule has 9 nitrogen and oxygen atoms in total. The normalized spacial score (nSPS) is 22.6. The first-order valence-electron chi connectivity index (χ1n) is 10.8. The third kappa shape index (κ3) is 4.36. The molecule has 3 aliphatic rings. The van der Waals surface area contributed by atoms with Crippen molar-refractivity contribution in [3.05, 3.63) is 66.2 Å². The van der Waals surface area contributed by atoms with E-state index in [-0.39, 0.29) is 35.7 Å². The Labute approximate surface area is 200 Å². The number of benzene rings is 2. The number of carbonyl (C=O) groups is 1. The molecule has 0 saturated carbocycles. The van der Waals surface area contributed by atoms with Crippen molar-refractivity contribution in [1.29, 1.82) is 0 Å². The van der Waals surface area contributed by atoms with Crippen molar-refractivity contribution in [1.82, 2.24) is 20.8 Å². The van der Waals surface area contributed by atoms with Gasteiger partial charge in [-0.2, -0.15) is 5.10 Å². The van der Waals surface area contributed by atoms with Gasteiger partial charge in [0.15, 0.2) is 5.17 Å². The molecule has 3 N–H and O–H groups in total. The zero-order valence-corrected chi connectivity index (χ0v) is 19.5. The highest BCUT2D eigenvalue weighted by atomic mass is 32.2. The van der Waals surface area contributed by atoms with Crippen molar-refractivity contribution in [2.24, 2.45) is 5.10 Å². The van der Waals surface area contributed by atoms with Crippen LogP contribution in [0, 0.1) is 5.82 Å². The van der Waals surface area contributed by atoms with E-state index in [1.54, 1.807) is 32.4 Å². The van der Waals surface area contributed by atoms with Crippen LogP contribution in [0.5, 0.6) is 11.5 Å². The molecule has 2 aromatic rings. The van der Waals surface area contributed by atoms with Crippen molar-refractivity contribution in [3.63, 3.8) is 0 Å². The van der Waals surface area contributed by atoms with Crippen LogP contribution in [0.1, 0.15) is 18.0 Å². The van der Waals surface area contributed by atoms with Crippen molar-refractivity contribution in [2.75, 3.05) is 25.3 Å². The van der Waals surface area contributed by atoms with Crippen LogP contribution in [-0.2, 0) is 4.79 Å². The Morgan fingerprint density at radius 2 is 2.03 bits per heavy atom. The smallest absolute Gasteiger partial charge is 0.234 e. The minimum atomic E-state index is -0.244. The lowest BCUT2D eigenvalue weighted by Gasteiger charge is -2.36. The molecule has 1 amide bonds. The molecule has 3 aliphatic heterocycles. The first kappa shape index (κ1) is 22.4. The summed E-state index contributed by atoms with van der Waals surface area (Å²) in [5, 5.41) is 10.1. The van der Waals surface area contributed by atoms with E-state index < -0.39 is 0 Å². The van der Waals surface area contributed by atoms with Crippen LogP contribution in [0.2, 0.25) is 0 Å². The molecule has 2 aromatic carbocycles. The average Bonchev–Trinajstić information content (AvgIpc) is 3.47.